The van der Waals surface area contributed by atoms with E-state index >= 15 is 0 Å². The highest BCUT2D eigenvalue weighted by molar-refractivity contribution is 5.97. The van der Waals surface area contributed by atoms with Gasteiger partial charge < -0.3 is 0 Å². The quantitative estimate of drug-likeness (QED) is 0.439. The van der Waals surface area contributed by atoms with Gasteiger partial charge in [-0.3, -0.25) is 0 Å². The van der Waals surface area contributed by atoms with E-state index < -0.39 is 0 Å². The molecule has 1 heterocycles. The van der Waals surface area contributed by atoms with Crippen LogP contribution < -0.4 is 0 Å². The Bertz CT molecular complexity index is 961. The molecule has 0 bridgehead atoms. The Morgan fingerprint density at radius 3 is 1.91 bits per heavy atom. The third-order valence-corrected chi connectivity index (χ3v) is 4.65. The molecule has 23 heavy (non-hydrogen) atoms. The van der Waals surface area contributed by atoms with Gasteiger partial charge in [0, 0.05) is 10.8 Å². The summed E-state index contributed by atoms with van der Waals surface area (Å²) < 4.78 is 0. The number of fused-ring (bicyclic) bond motifs is 2. The highest BCUT2D eigenvalue weighted by Gasteiger charge is 2.09. The first kappa shape index (κ1) is 14.0. The van der Waals surface area contributed by atoms with Gasteiger partial charge in [-0.2, -0.15) is 0 Å². The standard InChI is InChI=1S/C22H19N/c1-15-11-12-17(13-16(15)2)14-20-18-7-3-5-9-21(18)23-22-10-6-4-8-19(20)22/h3-13H,14H2,1-2H3. The Balaban J connectivity index is 1.97. The van der Waals surface area contributed by atoms with Crippen molar-refractivity contribution in [2.45, 2.75) is 20.3 Å². The van der Waals surface area contributed by atoms with Gasteiger partial charge in [0.05, 0.1) is 11.0 Å². The Morgan fingerprint density at radius 1 is 0.696 bits per heavy atom. The minimum Gasteiger partial charge on any atom is -0.248 e. The molecular weight excluding hydrogens is 278 g/mol. The van der Waals surface area contributed by atoms with Crippen LogP contribution in [-0.4, -0.2) is 4.98 Å². The van der Waals surface area contributed by atoms with Crippen LogP contribution in [-0.2, 0) is 6.42 Å². The molecule has 0 radical (unpaired) electrons. The van der Waals surface area contributed by atoms with Crippen molar-refractivity contribution in [3.05, 3.63) is 89.0 Å². The summed E-state index contributed by atoms with van der Waals surface area (Å²) in [5, 5.41) is 2.51. The molecule has 0 N–H and O–H groups in total. The molecule has 0 spiro atoms. The number of benzene rings is 3. The molecule has 0 unspecified atom stereocenters. The second-order valence-corrected chi connectivity index (χ2v) is 6.22. The van der Waals surface area contributed by atoms with Gasteiger partial charge in [0.1, 0.15) is 0 Å². The lowest BCUT2D eigenvalue weighted by Crippen LogP contribution is -1.95. The third-order valence-electron chi connectivity index (χ3n) is 4.65. The Kier molecular flexibility index (Phi) is 3.34. The predicted octanol–water partition coefficient (Wildman–Crippen LogP) is 5.60. The van der Waals surface area contributed by atoms with Crippen molar-refractivity contribution < 1.29 is 0 Å². The first-order valence-corrected chi connectivity index (χ1v) is 8.05. The number of nitrogens with zero attached hydrogens (tertiary/aromatic N) is 1. The van der Waals surface area contributed by atoms with Crippen molar-refractivity contribution >= 4 is 21.8 Å². The highest BCUT2D eigenvalue weighted by Crippen LogP contribution is 2.28. The largest absolute Gasteiger partial charge is 0.248 e. The van der Waals surface area contributed by atoms with Crippen molar-refractivity contribution in [3.8, 4) is 0 Å². The van der Waals surface area contributed by atoms with Gasteiger partial charge in [-0.1, -0.05) is 54.6 Å². The Morgan fingerprint density at radius 2 is 1.30 bits per heavy atom. The molecule has 0 aliphatic carbocycles. The molecule has 0 amide bonds. The summed E-state index contributed by atoms with van der Waals surface area (Å²) in [5.74, 6) is 0. The SMILES string of the molecule is Cc1ccc(Cc2c3ccccc3nc3ccccc23)cc1C. The molecule has 4 rings (SSSR count). The van der Waals surface area contributed by atoms with Gasteiger partial charge in [-0.25, -0.2) is 4.98 Å². The number of hydrogen-bond acceptors (Lipinski definition) is 1. The minimum absolute atomic E-state index is 0.935. The van der Waals surface area contributed by atoms with E-state index in [4.69, 9.17) is 4.98 Å². The van der Waals surface area contributed by atoms with Crippen molar-refractivity contribution in [2.24, 2.45) is 0 Å². The molecule has 0 saturated carbocycles. The lowest BCUT2D eigenvalue weighted by molar-refractivity contribution is 1.19. The highest BCUT2D eigenvalue weighted by atomic mass is 14.7. The number of hydrogen-bond donors (Lipinski definition) is 0. The van der Waals surface area contributed by atoms with Gasteiger partial charge >= 0.3 is 0 Å². The topological polar surface area (TPSA) is 12.9 Å². The number of rotatable bonds is 2. The second-order valence-electron chi connectivity index (χ2n) is 6.22. The van der Waals surface area contributed by atoms with E-state index in [0.717, 1.165) is 17.5 Å². The van der Waals surface area contributed by atoms with Crippen molar-refractivity contribution in [3.63, 3.8) is 0 Å². The summed E-state index contributed by atoms with van der Waals surface area (Å²) >= 11 is 0. The summed E-state index contributed by atoms with van der Waals surface area (Å²) in [6, 6.07) is 23.7. The van der Waals surface area contributed by atoms with Crippen LogP contribution in [0.25, 0.3) is 21.8 Å². The molecule has 0 saturated heterocycles. The number of aromatic nitrogens is 1. The summed E-state index contributed by atoms with van der Waals surface area (Å²) in [5.41, 5.74) is 7.57. The fourth-order valence-corrected chi connectivity index (χ4v) is 3.24. The molecule has 1 nitrogen and oxygen atoms in total. The molecule has 3 aromatic carbocycles. The summed E-state index contributed by atoms with van der Waals surface area (Å²) in [4.78, 5) is 4.81. The van der Waals surface area contributed by atoms with E-state index in [2.05, 4.69) is 80.6 Å². The summed E-state index contributed by atoms with van der Waals surface area (Å²) in [6.45, 7) is 4.35. The average molecular weight is 297 g/mol. The van der Waals surface area contributed by atoms with Crippen LogP contribution in [0, 0.1) is 13.8 Å². The van der Waals surface area contributed by atoms with E-state index in [-0.39, 0.29) is 0 Å². The zero-order valence-electron chi connectivity index (χ0n) is 13.5. The number of aryl methyl sites for hydroxylation is 2. The summed E-state index contributed by atoms with van der Waals surface area (Å²) in [7, 11) is 0. The van der Waals surface area contributed by atoms with Gasteiger partial charge in [0.2, 0.25) is 0 Å². The zero-order valence-corrected chi connectivity index (χ0v) is 13.5. The molecule has 0 fully saturated rings. The first-order chi connectivity index (χ1) is 11.2. The van der Waals surface area contributed by atoms with Gasteiger partial charge in [0.25, 0.3) is 0 Å². The van der Waals surface area contributed by atoms with Crippen molar-refractivity contribution in [1.82, 2.24) is 4.98 Å². The first-order valence-electron chi connectivity index (χ1n) is 8.05. The van der Waals surface area contributed by atoms with E-state index in [1.165, 1.54) is 33.0 Å². The van der Waals surface area contributed by atoms with Crippen molar-refractivity contribution in [2.75, 3.05) is 0 Å². The van der Waals surface area contributed by atoms with Crippen LogP contribution in [0.1, 0.15) is 22.3 Å². The maximum atomic E-state index is 4.81. The van der Waals surface area contributed by atoms with E-state index in [9.17, 15) is 0 Å². The fourth-order valence-electron chi connectivity index (χ4n) is 3.24. The Labute approximate surface area is 136 Å². The van der Waals surface area contributed by atoms with Gasteiger partial charge in [-0.15, -0.1) is 0 Å². The average Bonchev–Trinajstić information content (AvgIpc) is 2.58. The van der Waals surface area contributed by atoms with E-state index in [1.807, 2.05) is 0 Å². The maximum absolute atomic E-state index is 4.81. The smallest absolute Gasteiger partial charge is 0.0712 e. The van der Waals surface area contributed by atoms with Gasteiger partial charge in [-0.05, 0) is 54.7 Å². The molecule has 1 aromatic heterocycles. The molecule has 112 valence electrons. The predicted molar refractivity (Wildman–Crippen MR) is 98.0 cm³/mol. The molecule has 1 heteroatoms. The summed E-state index contributed by atoms with van der Waals surface area (Å²) in [6.07, 6.45) is 0.935. The van der Waals surface area contributed by atoms with Crippen molar-refractivity contribution in [1.29, 1.82) is 0 Å². The molecule has 0 aliphatic rings. The second kappa shape index (κ2) is 5.51. The number of pyridine rings is 1. The molecule has 0 atom stereocenters. The van der Waals surface area contributed by atoms with Crippen LogP contribution in [0.15, 0.2) is 66.7 Å². The minimum atomic E-state index is 0.935. The van der Waals surface area contributed by atoms with Gasteiger partial charge in [0.15, 0.2) is 0 Å². The van der Waals surface area contributed by atoms with Crippen LogP contribution in [0.4, 0.5) is 0 Å². The lowest BCUT2D eigenvalue weighted by atomic mass is 9.95. The molecule has 4 aromatic rings. The van der Waals surface area contributed by atoms with Crippen LogP contribution in [0.5, 0.6) is 0 Å². The van der Waals surface area contributed by atoms with E-state index in [0.29, 0.717) is 0 Å². The van der Waals surface area contributed by atoms with Crippen LogP contribution >= 0.6 is 0 Å². The lowest BCUT2D eigenvalue weighted by Gasteiger charge is -2.12. The van der Waals surface area contributed by atoms with E-state index in [1.54, 1.807) is 0 Å². The fraction of sp³-hybridized carbons (Fsp3) is 0.136. The third kappa shape index (κ3) is 2.49. The molecular formula is C22H19N. The monoisotopic (exact) mass is 297 g/mol. The number of para-hydroxylation sites is 2. The normalized spacial score (nSPS) is 11.2. The maximum Gasteiger partial charge on any atom is 0.0712 e. The zero-order chi connectivity index (χ0) is 15.8. The molecule has 0 aliphatic heterocycles. The van der Waals surface area contributed by atoms with Crippen LogP contribution in [0.3, 0.4) is 0 Å². The Hall–Kier alpha value is -2.67. The van der Waals surface area contributed by atoms with Crippen LogP contribution in [0.2, 0.25) is 0 Å².